The summed E-state index contributed by atoms with van der Waals surface area (Å²) >= 11 is 0. The van der Waals surface area contributed by atoms with E-state index < -0.39 is 0 Å². The zero-order valence-corrected chi connectivity index (χ0v) is 12.5. The molecule has 5 heteroatoms. The molecule has 2 bridgehead atoms. The van der Waals surface area contributed by atoms with Crippen LogP contribution in [0.2, 0.25) is 0 Å². The van der Waals surface area contributed by atoms with Crippen LogP contribution in [-0.2, 0) is 14.3 Å². The van der Waals surface area contributed by atoms with Crippen molar-refractivity contribution in [2.24, 2.45) is 17.8 Å². The minimum Gasteiger partial charge on any atom is -0.497 e. The van der Waals surface area contributed by atoms with Crippen LogP contribution in [0.5, 0.6) is 5.75 Å². The lowest BCUT2D eigenvalue weighted by Crippen LogP contribution is -2.26. The monoisotopic (exact) mass is 301 g/mol. The highest BCUT2D eigenvalue weighted by Crippen LogP contribution is 2.43. The Morgan fingerprint density at radius 1 is 1.18 bits per heavy atom. The topological polar surface area (TPSA) is 64.6 Å². The van der Waals surface area contributed by atoms with Crippen LogP contribution < -0.4 is 10.1 Å². The number of allylic oxidation sites excluding steroid dienone is 2. The Morgan fingerprint density at radius 2 is 1.95 bits per heavy atom. The number of anilines is 1. The number of methoxy groups -OCH3 is 1. The summed E-state index contributed by atoms with van der Waals surface area (Å²) in [6, 6.07) is 6.98. The van der Waals surface area contributed by atoms with E-state index in [9.17, 15) is 9.59 Å². The molecule has 0 aromatic heterocycles. The first-order valence-electron chi connectivity index (χ1n) is 7.44. The average molecular weight is 301 g/mol. The third kappa shape index (κ3) is 3.13. The van der Waals surface area contributed by atoms with Crippen LogP contribution in [0.25, 0.3) is 0 Å². The van der Waals surface area contributed by atoms with Crippen molar-refractivity contribution in [3.05, 3.63) is 36.4 Å². The summed E-state index contributed by atoms with van der Waals surface area (Å²) in [7, 11) is 1.58. The maximum atomic E-state index is 12.0. The van der Waals surface area contributed by atoms with Crippen molar-refractivity contribution >= 4 is 17.6 Å². The number of ether oxygens (including phenoxy) is 2. The van der Waals surface area contributed by atoms with E-state index in [0.29, 0.717) is 23.3 Å². The number of carbonyl (C=O) groups excluding carboxylic acids is 2. The normalized spacial score (nSPS) is 25.0. The van der Waals surface area contributed by atoms with E-state index in [1.165, 1.54) is 0 Å². The van der Waals surface area contributed by atoms with Crippen LogP contribution in [0, 0.1) is 17.8 Å². The van der Waals surface area contributed by atoms with Crippen LogP contribution in [0.4, 0.5) is 5.69 Å². The number of benzene rings is 1. The lowest BCUT2D eigenvalue weighted by Gasteiger charge is -2.16. The van der Waals surface area contributed by atoms with E-state index in [4.69, 9.17) is 9.47 Å². The summed E-state index contributed by atoms with van der Waals surface area (Å²) in [5.74, 6) is 0.842. The van der Waals surface area contributed by atoms with Crippen LogP contribution in [0.1, 0.15) is 12.8 Å². The Hall–Kier alpha value is -2.30. The summed E-state index contributed by atoms with van der Waals surface area (Å²) in [6.07, 6.45) is 6.15. The Morgan fingerprint density at radius 3 is 2.55 bits per heavy atom. The van der Waals surface area contributed by atoms with Crippen molar-refractivity contribution in [2.75, 3.05) is 19.0 Å². The van der Waals surface area contributed by atoms with E-state index in [-0.39, 0.29) is 24.4 Å². The molecular formula is C17H19NO4. The first kappa shape index (κ1) is 14.6. The largest absolute Gasteiger partial charge is 0.497 e. The fraction of sp³-hybridized carbons (Fsp3) is 0.412. The Balaban J connectivity index is 1.45. The third-order valence-electron chi connectivity index (χ3n) is 4.30. The summed E-state index contributed by atoms with van der Waals surface area (Å²) in [4.78, 5) is 23.8. The molecule has 116 valence electrons. The van der Waals surface area contributed by atoms with Gasteiger partial charge >= 0.3 is 5.97 Å². The quantitative estimate of drug-likeness (QED) is 0.670. The highest BCUT2D eigenvalue weighted by molar-refractivity contribution is 5.93. The number of hydrogen-bond donors (Lipinski definition) is 1. The fourth-order valence-corrected chi connectivity index (χ4v) is 3.17. The van der Waals surface area contributed by atoms with Gasteiger partial charge in [-0.15, -0.1) is 0 Å². The van der Waals surface area contributed by atoms with E-state index >= 15 is 0 Å². The second-order valence-electron chi connectivity index (χ2n) is 5.77. The zero-order valence-electron chi connectivity index (χ0n) is 12.5. The summed E-state index contributed by atoms with van der Waals surface area (Å²) in [5.41, 5.74) is 0.643. The molecule has 3 atom stereocenters. The molecule has 22 heavy (non-hydrogen) atoms. The number of nitrogens with one attached hydrogen (secondary N) is 1. The average Bonchev–Trinajstić information content (AvgIpc) is 3.16. The molecule has 2 aliphatic rings. The van der Waals surface area contributed by atoms with Gasteiger partial charge in [-0.1, -0.05) is 12.2 Å². The highest BCUT2D eigenvalue weighted by atomic mass is 16.5. The molecule has 2 aliphatic carbocycles. The van der Waals surface area contributed by atoms with E-state index in [1.807, 2.05) is 0 Å². The molecule has 5 nitrogen and oxygen atoms in total. The molecule has 0 heterocycles. The third-order valence-corrected chi connectivity index (χ3v) is 4.30. The molecule has 0 aliphatic heterocycles. The Labute approximate surface area is 129 Å². The van der Waals surface area contributed by atoms with Crippen LogP contribution in [0.3, 0.4) is 0 Å². The van der Waals surface area contributed by atoms with E-state index in [1.54, 1.807) is 31.4 Å². The minimum atomic E-state index is -0.336. The molecule has 1 aromatic carbocycles. The smallest absolute Gasteiger partial charge is 0.310 e. The lowest BCUT2D eigenvalue weighted by atomic mass is 9.94. The van der Waals surface area contributed by atoms with Crippen molar-refractivity contribution in [2.45, 2.75) is 12.8 Å². The summed E-state index contributed by atoms with van der Waals surface area (Å²) < 4.78 is 10.2. The van der Waals surface area contributed by atoms with Gasteiger partial charge in [0.05, 0.1) is 13.0 Å². The molecule has 1 saturated carbocycles. The highest BCUT2D eigenvalue weighted by Gasteiger charge is 2.40. The van der Waals surface area contributed by atoms with Crippen LogP contribution >= 0.6 is 0 Å². The van der Waals surface area contributed by atoms with Crippen molar-refractivity contribution in [1.82, 2.24) is 0 Å². The number of fused-ring (bicyclic) bond motifs is 2. The fourth-order valence-electron chi connectivity index (χ4n) is 3.17. The molecule has 1 N–H and O–H groups in total. The Kier molecular flexibility index (Phi) is 4.13. The van der Waals surface area contributed by atoms with Crippen LogP contribution in [0.15, 0.2) is 36.4 Å². The molecule has 1 amide bonds. The van der Waals surface area contributed by atoms with E-state index in [0.717, 1.165) is 12.8 Å². The second kappa shape index (κ2) is 6.22. The molecular weight excluding hydrogens is 282 g/mol. The van der Waals surface area contributed by atoms with Gasteiger partial charge in [0.1, 0.15) is 5.75 Å². The van der Waals surface area contributed by atoms with Crippen LogP contribution in [-0.4, -0.2) is 25.6 Å². The van der Waals surface area contributed by atoms with Gasteiger partial charge in [0.15, 0.2) is 6.61 Å². The van der Waals surface area contributed by atoms with Crippen molar-refractivity contribution in [3.8, 4) is 5.75 Å². The van der Waals surface area contributed by atoms with Crippen molar-refractivity contribution in [1.29, 1.82) is 0 Å². The van der Waals surface area contributed by atoms with Gasteiger partial charge in [-0.2, -0.15) is 0 Å². The first-order chi connectivity index (χ1) is 10.7. The van der Waals surface area contributed by atoms with Gasteiger partial charge in [0, 0.05) is 5.69 Å². The molecule has 1 fully saturated rings. The Bertz CT molecular complexity index is 593. The zero-order chi connectivity index (χ0) is 15.5. The van der Waals surface area contributed by atoms with Gasteiger partial charge in [-0.3, -0.25) is 9.59 Å². The maximum Gasteiger partial charge on any atom is 0.310 e. The van der Waals surface area contributed by atoms with Gasteiger partial charge in [-0.25, -0.2) is 0 Å². The standard InChI is InChI=1S/C17H19NO4/c1-21-14-6-4-13(5-7-14)18-16(19)10-22-17(20)15-9-11-2-3-12(15)8-11/h2-7,11-12,15H,8-10H2,1H3,(H,18,19)/t11-,12+,15+/m0/s1. The molecule has 0 radical (unpaired) electrons. The second-order valence-corrected chi connectivity index (χ2v) is 5.77. The van der Waals surface area contributed by atoms with E-state index in [2.05, 4.69) is 17.5 Å². The van der Waals surface area contributed by atoms with Crippen molar-refractivity contribution < 1.29 is 19.1 Å². The molecule has 0 unspecified atom stereocenters. The maximum absolute atomic E-state index is 12.0. The summed E-state index contributed by atoms with van der Waals surface area (Å²) in [5, 5.41) is 2.69. The van der Waals surface area contributed by atoms with Gasteiger partial charge < -0.3 is 14.8 Å². The molecule has 0 saturated heterocycles. The molecule has 3 rings (SSSR count). The SMILES string of the molecule is COc1ccc(NC(=O)COC(=O)[C@@H]2C[C@H]3C=C[C@@H]2C3)cc1. The molecule has 1 aromatic rings. The van der Waals surface area contributed by atoms with Gasteiger partial charge in [0.25, 0.3) is 5.91 Å². The first-order valence-corrected chi connectivity index (χ1v) is 7.44. The number of esters is 1. The number of amides is 1. The predicted octanol–water partition coefficient (Wildman–Crippen LogP) is 2.39. The van der Waals surface area contributed by atoms with Gasteiger partial charge in [-0.05, 0) is 48.9 Å². The van der Waals surface area contributed by atoms with Crippen molar-refractivity contribution in [3.63, 3.8) is 0 Å². The lowest BCUT2D eigenvalue weighted by molar-refractivity contribution is -0.152. The summed E-state index contributed by atoms with van der Waals surface area (Å²) in [6.45, 7) is -0.248. The predicted molar refractivity (Wildman–Crippen MR) is 81.4 cm³/mol. The van der Waals surface area contributed by atoms with Gasteiger partial charge in [0.2, 0.25) is 0 Å². The number of hydrogen-bond acceptors (Lipinski definition) is 4. The number of carbonyl (C=O) groups is 2. The minimum absolute atomic E-state index is 0.0798. The number of rotatable bonds is 5. The molecule has 0 spiro atoms.